The first-order valence-corrected chi connectivity index (χ1v) is 5.32. The number of nitrogens with one attached hydrogen (secondary N) is 1. The number of aliphatic carboxylic acids is 1. The Bertz CT molecular complexity index is 237. The van der Waals surface area contributed by atoms with Crippen molar-refractivity contribution in [3.8, 4) is 0 Å². The normalized spacial score (nSPS) is 35.9. The Hall–Kier alpha value is -0.570. The molecule has 2 unspecified atom stereocenters. The molecule has 0 radical (unpaired) electrons. The molecule has 3 heteroatoms. The maximum atomic E-state index is 11.3. The molecule has 2 N–H and O–H groups in total. The summed E-state index contributed by atoms with van der Waals surface area (Å²) >= 11 is 0. The summed E-state index contributed by atoms with van der Waals surface area (Å²) in [6.07, 6.45) is 1.70. The topological polar surface area (TPSA) is 49.3 Å². The molecule has 0 aromatic rings. The monoisotopic (exact) mass is 199 g/mol. The fraction of sp³-hybridized carbons (Fsp3) is 0.909. The number of carbonyl (C=O) groups is 1. The summed E-state index contributed by atoms with van der Waals surface area (Å²) in [6, 6.07) is 0. The molecule has 82 valence electrons. The highest BCUT2D eigenvalue weighted by atomic mass is 16.4. The molecule has 1 fully saturated rings. The molecule has 0 aliphatic heterocycles. The van der Waals surface area contributed by atoms with Gasteiger partial charge in [0.2, 0.25) is 0 Å². The van der Waals surface area contributed by atoms with Crippen LogP contribution in [0.3, 0.4) is 0 Å². The summed E-state index contributed by atoms with van der Waals surface area (Å²) in [5.74, 6) is -0.493. The standard InChI is InChI=1S/C11H21NO2/c1-5-12-11(9(13)14)7-10(3,4)6-8(11)2/h8,12H,5-7H2,1-4H3,(H,13,14). The number of carboxylic acids is 1. The average molecular weight is 199 g/mol. The fourth-order valence-electron chi connectivity index (χ4n) is 2.92. The molecule has 0 bridgehead atoms. The van der Waals surface area contributed by atoms with Gasteiger partial charge in [0.15, 0.2) is 0 Å². The van der Waals surface area contributed by atoms with Crippen molar-refractivity contribution in [2.24, 2.45) is 11.3 Å². The molecule has 1 aliphatic rings. The van der Waals surface area contributed by atoms with Crippen LogP contribution in [0, 0.1) is 11.3 Å². The molecule has 2 atom stereocenters. The molecule has 1 saturated carbocycles. The minimum absolute atomic E-state index is 0.139. The molecule has 1 aliphatic carbocycles. The molecule has 0 spiro atoms. The highest BCUT2D eigenvalue weighted by molar-refractivity contribution is 5.80. The second-order valence-corrected chi connectivity index (χ2v) is 5.25. The van der Waals surface area contributed by atoms with Gasteiger partial charge >= 0.3 is 5.97 Å². The van der Waals surface area contributed by atoms with E-state index in [0.717, 1.165) is 12.8 Å². The van der Waals surface area contributed by atoms with Gasteiger partial charge in [-0.25, -0.2) is 0 Å². The van der Waals surface area contributed by atoms with Crippen LogP contribution in [0.2, 0.25) is 0 Å². The third-order valence-corrected chi connectivity index (χ3v) is 3.33. The van der Waals surface area contributed by atoms with Gasteiger partial charge in [0.1, 0.15) is 5.54 Å². The van der Waals surface area contributed by atoms with Gasteiger partial charge in [-0.3, -0.25) is 4.79 Å². The number of carboxylic acid groups (broad SMARTS) is 1. The zero-order chi connectivity index (χ0) is 11.0. The number of hydrogen-bond donors (Lipinski definition) is 2. The first kappa shape index (κ1) is 11.5. The predicted molar refractivity (Wildman–Crippen MR) is 56.2 cm³/mol. The van der Waals surface area contributed by atoms with E-state index in [0.29, 0.717) is 6.54 Å². The van der Waals surface area contributed by atoms with Crippen molar-refractivity contribution in [2.45, 2.75) is 46.1 Å². The summed E-state index contributed by atoms with van der Waals surface area (Å²) in [4.78, 5) is 11.3. The van der Waals surface area contributed by atoms with E-state index in [1.807, 2.05) is 13.8 Å². The third-order valence-electron chi connectivity index (χ3n) is 3.33. The van der Waals surface area contributed by atoms with Crippen molar-refractivity contribution in [1.29, 1.82) is 0 Å². The highest BCUT2D eigenvalue weighted by Gasteiger charge is 2.53. The van der Waals surface area contributed by atoms with E-state index in [9.17, 15) is 9.90 Å². The zero-order valence-electron chi connectivity index (χ0n) is 9.55. The predicted octanol–water partition coefficient (Wildman–Crippen LogP) is 1.88. The minimum atomic E-state index is -0.697. The summed E-state index contributed by atoms with van der Waals surface area (Å²) in [6.45, 7) is 9.00. The van der Waals surface area contributed by atoms with E-state index in [2.05, 4.69) is 19.2 Å². The van der Waals surface area contributed by atoms with Gasteiger partial charge in [0.05, 0.1) is 0 Å². The van der Waals surface area contributed by atoms with Crippen LogP contribution in [-0.4, -0.2) is 23.2 Å². The van der Waals surface area contributed by atoms with Crippen molar-refractivity contribution in [1.82, 2.24) is 5.32 Å². The quantitative estimate of drug-likeness (QED) is 0.729. The molecule has 14 heavy (non-hydrogen) atoms. The second kappa shape index (κ2) is 3.54. The van der Waals surface area contributed by atoms with E-state index in [1.54, 1.807) is 0 Å². The van der Waals surface area contributed by atoms with Crippen molar-refractivity contribution in [2.75, 3.05) is 6.54 Å². The molecule has 3 nitrogen and oxygen atoms in total. The van der Waals surface area contributed by atoms with Crippen LogP contribution < -0.4 is 5.32 Å². The number of hydrogen-bond acceptors (Lipinski definition) is 2. The number of likely N-dealkylation sites (N-methyl/N-ethyl adjacent to an activating group) is 1. The summed E-state index contributed by atoms with van der Waals surface area (Å²) in [5.41, 5.74) is -0.557. The van der Waals surface area contributed by atoms with E-state index in [1.165, 1.54) is 0 Å². The molecule has 0 saturated heterocycles. The molecule has 1 rings (SSSR count). The maximum absolute atomic E-state index is 11.3. The first-order valence-electron chi connectivity index (χ1n) is 5.32. The molecule has 0 heterocycles. The van der Waals surface area contributed by atoms with Crippen molar-refractivity contribution < 1.29 is 9.90 Å². The lowest BCUT2D eigenvalue weighted by molar-refractivity contribution is -0.146. The summed E-state index contributed by atoms with van der Waals surface area (Å²) in [5, 5.41) is 12.5. The SMILES string of the molecule is CCNC1(C(=O)O)CC(C)(C)CC1C. The molecule has 0 amide bonds. The van der Waals surface area contributed by atoms with Gasteiger partial charge in [0, 0.05) is 0 Å². The van der Waals surface area contributed by atoms with Gasteiger partial charge < -0.3 is 10.4 Å². The van der Waals surface area contributed by atoms with Crippen LogP contribution in [0.1, 0.15) is 40.5 Å². The number of rotatable bonds is 3. The Kier molecular flexibility index (Phi) is 2.91. The van der Waals surface area contributed by atoms with Crippen molar-refractivity contribution in [3.05, 3.63) is 0 Å². The van der Waals surface area contributed by atoms with E-state index < -0.39 is 11.5 Å². The first-order chi connectivity index (χ1) is 6.34. The van der Waals surface area contributed by atoms with Crippen LogP contribution in [0.25, 0.3) is 0 Å². The van der Waals surface area contributed by atoms with Gasteiger partial charge in [-0.05, 0) is 30.7 Å². The Labute approximate surface area is 85.9 Å². The van der Waals surface area contributed by atoms with Crippen LogP contribution in [-0.2, 0) is 4.79 Å². The second-order valence-electron chi connectivity index (χ2n) is 5.25. The van der Waals surface area contributed by atoms with Gasteiger partial charge in [-0.1, -0.05) is 27.7 Å². The van der Waals surface area contributed by atoms with Crippen molar-refractivity contribution >= 4 is 5.97 Å². The van der Waals surface area contributed by atoms with E-state index >= 15 is 0 Å². The average Bonchev–Trinajstić information content (AvgIpc) is 2.23. The summed E-state index contributed by atoms with van der Waals surface area (Å²) in [7, 11) is 0. The molecule has 0 aromatic heterocycles. The van der Waals surface area contributed by atoms with Crippen LogP contribution in [0.5, 0.6) is 0 Å². The van der Waals surface area contributed by atoms with Crippen LogP contribution in [0.4, 0.5) is 0 Å². The Morgan fingerprint density at radius 1 is 1.57 bits per heavy atom. The maximum Gasteiger partial charge on any atom is 0.324 e. The van der Waals surface area contributed by atoms with Gasteiger partial charge in [0.25, 0.3) is 0 Å². The fourth-order valence-corrected chi connectivity index (χ4v) is 2.92. The van der Waals surface area contributed by atoms with Crippen LogP contribution in [0.15, 0.2) is 0 Å². The van der Waals surface area contributed by atoms with Gasteiger partial charge in [-0.15, -0.1) is 0 Å². The molecular weight excluding hydrogens is 178 g/mol. The lowest BCUT2D eigenvalue weighted by atomic mass is 9.86. The minimum Gasteiger partial charge on any atom is -0.480 e. The Morgan fingerprint density at radius 3 is 2.43 bits per heavy atom. The molecular formula is C11H21NO2. The van der Waals surface area contributed by atoms with Gasteiger partial charge in [-0.2, -0.15) is 0 Å². The van der Waals surface area contributed by atoms with E-state index in [4.69, 9.17) is 0 Å². The van der Waals surface area contributed by atoms with Crippen molar-refractivity contribution in [3.63, 3.8) is 0 Å². The zero-order valence-corrected chi connectivity index (χ0v) is 9.55. The van der Waals surface area contributed by atoms with E-state index in [-0.39, 0.29) is 11.3 Å². The smallest absolute Gasteiger partial charge is 0.324 e. The Morgan fingerprint density at radius 2 is 2.14 bits per heavy atom. The Balaban J connectivity index is 2.94. The largest absolute Gasteiger partial charge is 0.480 e. The highest BCUT2D eigenvalue weighted by Crippen LogP contribution is 2.47. The van der Waals surface area contributed by atoms with Crippen LogP contribution >= 0.6 is 0 Å². The summed E-state index contributed by atoms with van der Waals surface area (Å²) < 4.78 is 0. The third kappa shape index (κ3) is 1.78. The lowest BCUT2D eigenvalue weighted by Crippen LogP contribution is -2.54. The lowest BCUT2D eigenvalue weighted by Gasteiger charge is -2.30. The molecule has 0 aromatic carbocycles.